The van der Waals surface area contributed by atoms with Gasteiger partial charge < -0.3 is 19.6 Å². The van der Waals surface area contributed by atoms with Crippen molar-refractivity contribution in [2.75, 3.05) is 26.3 Å². The van der Waals surface area contributed by atoms with Gasteiger partial charge >= 0.3 is 5.97 Å². The van der Waals surface area contributed by atoms with E-state index >= 15 is 0 Å². The Morgan fingerprint density at radius 3 is 2.77 bits per heavy atom. The smallest absolute Gasteiger partial charge is 0.311 e. The van der Waals surface area contributed by atoms with Gasteiger partial charge in [0, 0.05) is 31.0 Å². The summed E-state index contributed by atoms with van der Waals surface area (Å²) in [4.78, 5) is 43.8. The number of carbonyl (C=O) groups excluding carboxylic acids is 3. The number of likely N-dealkylation sites (tertiary alicyclic amines) is 1. The van der Waals surface area contributed by atoms with Crippen LogP contribution in [0.15, 0.2) is 24.3 Å². The fourth-order valence-electron chi connectivity index (χ4n) is 5.22. The number of ether oxygens (including phenoxy) is 1. The molecule has 0 aromatic heterocycles. The van der Waals surface area contributed by atoms with Crippen molar-refractivity contribution < 1.29 is 24.2 Å². The molecule has 1 N–H and O–H groups in total. The quantitative estimate of drug-likeness (QED) is 0.400. The highest BCUT2D eigenvalue weighted by atomic mass is 32.2. The maximum absolute atomic E-state index is 13.7. The second-order valence-electron chi connectivity index (χ2n) is 8.68. The molecule has 2 saturated heterocycles. The second kappa shape index (κ2) is 8.38. The van der Waals surface area contributed by atoms with Crippen molar-refractivity contribution in [3.63, 3.8) is 0 Å². The molecule has 0 aromatic rings. The Morgan fingerprint density at radius 2 is 2.03 bits per heavy atom. The van der Waals surface area contributed by atoms with Gasteiger partial charge in [-0.15, -0.1) is 11.8 Å². The van der Waals surface area contributed by atoms with Crippen LogP contribution in [-0.2, 0) is 19.1 Å². The zero-order chi connectivity index (χ0) is 21.5. The average molecular weight is 435 g/mol. The van der Waals surface area contributed by atoms with E-state index in [1.807, 2.05) is 38.2 Å². The minimum atomic E-state index is -0.778. The number of aliphatic hydroxyl groups is 1. The standard InChI is InChI=1S/C22H30N2O5S/c1-14(2)23-11-7-9-22-17(16-15(30-22)8-3-6-13-29-21(16)28)19(26)24(10-4-5-12-25)18(22)20(23)27/h3,7-9,14-18,25H,4-6,10-13H2,1-2H3/t15-,16+,17+,18?,22+/m1/s1. The lowest BCUT2D eigenvalue weighted by Gasteiger charge is -2.36. The van der Waals surface area contributed by atoms with Crippen LogP contribution >= 0.6 is 11.8 Å². The molecule has 5 atom stereocenters. The largest absolute Gasteiger partial charge is 0.465 e. The molecule has 1 unspecified atom stereocenters. The molecule has 8 heteroatoms. The maximum Gasteiger partial charge on any atom is 0.311 e. The SMILES string of the molecule is CC(C)N1CC=C[C@]23S[C@@H]4C=CCCOC(=O)[C@@H]4[C@H]2C(=O)N(CCCCO)C3C1=O. The van der Waals surface area contributed by atoms with E-state index in [0.717, 1.165) is 0 Å². The van der Waals surface area contributed by atoms with Gasteiger partial charge in [0.15, 0.2) is 0 Å². The zero-order valence-corrected chi connectivity index (χ0v) is 18.3. The van der Waals surface area contributed by atoms with Crippen molar-refractivity contribution in [1.82, 2.24) is 9.80 Å². The first-order valence-corrected chi connectivity index (χ1v) is 11.7. The Morgan fingerprint density at radius 1 is 1.23 bits per heavy atom. The molecule has 4 aliphatic rings. The van der Waals surface area contributed by atoms with Crippen LogP contribution in [0.3, 0.4) is 0 Å². The van der Waals surface area contributed by atoms with E-state index in [4.69, 9.17) is 4.74 Å². The highest BCUT2D eigenvalue weighted by Gasteiger charge is 2.70. The molecule has 0 saturated carbocycles. The van der Waals surface area contributed by atoms with E-state index in [9.17, 15) is 19.5 Å². The molecule has 0 bridgehead atoms. The number of thioether (sulfide) groups is 1. The van der Waals surface area contributed by atoms with Crippen LogP contribution < -0.4 is 0 Å². The summed E-state index contributed by atoms with van der Waals surface area (Å²) in [6, 6.07) is -0.634. The second-order valence-corrected chi connectivity index (χ2v) is 10.2. The molecular formula is C22H30N2O5S. The molecule has 4 heterocycles. The third-order valence-electron chi connectivity index (χ3n) is 6.58. The number of hydrogen-bond acceptors (Lipinski definition) is 6. The number of nitrogens with zero attached hydrogens (tertiary/aromatic N) is 2. The van der Waals surface area contributed by atoms with Crippen LogP contribution in [0, 0.1) is 11.8 Å². The highest BCUT2D eigenvalue weighted by Crippen LogP contribution is 2.60. The van der Waals surface area contributed by atoms with Crippen molar-refractivity contribution in [3.8, 4) is 0 Å². The van der Waals surface area contributed by atoms with Crippen molar-refractivity contribution in [2.45, 2.75) is 55.2 Å². The van der Waals surface area contributed by atoms with E-state index in [1.54, 1.807) is 21.6 Å². The van der Waals surface area contributed by atoms with E-state index in [1.165, 1.54) is 0 Å². The van der Waals surface area contributed by atoms with Crippen molar-refractivity contribution in [2.24, 2.45) is 11.8 Å². The molecular weight excluding hydrogens is 404 g/mol. The first kappa shape index (κ1) is 21.4. The van der Waals surface area contributed by atoms with Crippen LogP contribution in [0.25, 0.3) is 0 Å². The molecule has 0 aliphatic carbocycles. The van der Waals surface area contributed by atoms with Gasteiger partial charge in [-0.1, -0.05) is 24.3 Å². The summed E-state index contributed by atoms with van der Waals surface area (Å²) in [5.74, 6) is -1.75. The van der Waals surface area contributed by atoms with Crippen LogP contribution in [0.5, 0.6) is 0 Å². The van der Waals surface area contributed by atoms with Gasteiger partial charge in [-0.2, -0.15) is 0 Å². The first-order valence-electron chi connectivity index (χ1n) is 10.8. The molecule has 0 radical (unpaired) electrons. The number of fused-ring (bicyclic) bond motifs is 2. The minimum absolute atomic E-state index is 0.00989. The van der Waals surface area contributed by atoms with Gasteiger partial charge in [-0.25, -0.2) is 0 Å². The molecule has 4 aliphatic heterocycles. The first-order chi connectivity index (χ1) is 14.4. The fraction of sp³-hybridized carbons (Fsp3) is 0.682. The van der Waals surface area contributed by atoms with Crippen molar-refractivity contribution in [3.05, 3.63) is 24.3 Å². The van der Waals surface area contributed by atoms with Gasteiger partial charge in [0.25, 0.3) is 0 Å². The number of esters is 1. The van der Waals surface area contributed by atoms with Crippen LogP contribution in [0.2, 0.25) is 0 Å². The predicted octanol–water partition coefficient (Wildman–Crippen LogP) is 1.37. The lowest BCUT2D eigenvalue weighted by molar-refractivity contribution is -0.153. The molecule has 0 aromatic carbocycles. The number of cyclic esters (lactones) is 1. The molecule has 30 heavy (non-hydrogen) atoms. The van der Waals surface area contributed by atoms with Crippen LogP contribution in [-0.4, -0.2) is 81.1 Å². The van der Waals surface area contributed by atoms with Gasteiger partial charge in [-0.05, 0) is 33.1 Å². The summed E-state index contributed by atoms with van der Waals surface area (Å²) < 4.78 is 4.68. The fourth-order valence-corrected chi connectivity index (χ4v) is 7.22. The number of unbranched alkanes of at least 4 members (excludes halogenated alkanes) is 1. The Labute approximate surface area is 181 Å². The van der Waals surface area contributed by atoms with E-state index in [-0.39, 0.29) is 35.7 Å². The van der Waals surface area contributed by atoms with E-state index in [0.29, 0.717) is 39.0 Å². The summed E-state index contributed by atoms with van der Waals surface area (Å²) >= 11 is 1.57. The maximum atomic E-state index is 13.7. The van der Waals surface area contributed by atoms with Gasteiger partial charge in [0.2, 0.25) is 11.8 Å². The highest BCUT2D eigenvalue weighted by molar-refractivity contribution is 8.02. The lowest BCUT2D eigenvalue weighted by Crippen LogP contribution is -2.54. The Kier molecular flexibility index (Phi) is 5.99. The number of amides is 2. The Balaban J connectivity index is 1.79. The van der Waals surface area contributed by atoms with E-state index in [2.05, 4.69) is 0 Å². The third-order valence-corrected chi connectivity index (χ3v) is 8.33. The number of aliphatic hydroxyl groups excluding tert-OH is 1. The summed E-state index contributed by atoms with van der Waals surface area (Å²) in [5.41, 5.74) is 0. The molecule has 2 fully saturated rings. The Bertz CT molecular complexity index is 781. The molecule has 4 rings (SSSR count). The third kappa shape index (κ3) is 3.28. The lowest BCUT2D eigenvalue weighted by atomic mass is 9.78. The summed E-state index contributed by atoms with van der Waals surface area (Å²) in [7, 11) is 0. The molecule has 2 amide bonds. The summed E-state index contributed by atoms with van der Waals surface area (Å²) in [6.45, 7) is 5.21. The normalized spacial score (nSPS) is 35.7. The van der Waals surface area contributed by atoms with Crippen LogP contribution in [0.1, 0.15) is 33.1 Å². The average Bonchev–Trinajstić information content (AvgIpc) is 3.06. The molecule has 1 spiro atoms. The van der Waals surface area contributed by atoms with Gasteiger partial charge in [0.05, 0.1) is 23.2 Å². The predicted molar refractivity (Wildman–Crippen MR) is 114 cm³/mol. The van der Waals surface area contributed by atoms with Gasteiger partial charge in [-0.3, -0.25) is 14.4 Å². The summed E-state index contributed by atoms with van der Waals surface area (Å²) in [5, 5.41) is 9.01. The van der Waals surface area contributed by atoms with Crippen LogP contribution in [0.4, 0.5) is 0 Å². The van der Waals surface area contributed by atoms with Gasteiger partial charge in [0.1, 0.15) is 6.04 Å². The number of hydrogen-bond donors (Lipinski definition) is 1. The number of rotatable bonds is 5. The van der Waals surface area contributed by atoms with Crippen molar-refractivity contribution in [1.29, 1.82) is 0 Å². The zero-order valence-electron chi connectivity index (χ0n) is 17.5. The Hall–Kier alpha value is -1.80. The molecule has 7 nitrogen and oxygen atoms in total. The van der Waals surface area contributed by atoms with Crippen molar-refractivity contribution >= 4 is 29.5 Å². The summed E-state index contributed by atoms with van der Waals surface area (Å²) in [6.07, 6.45) is 9.87. The minimum Gasteiger partial charge on any atom is -0.465 e. The van der Waals surface area contributed by atoms with E-state index < -0.39 is 22.6 Å². The topological polar surface area (TPSA) is 87.2 Å². The molecule has 164 valence electrons. The monoisotopic (exact) mass is 434 g/mol. The number of carbonyl (C=O) groups is 3.